The van der Waals surface area contributed by atoms with Gasteiger partial charge in [0.2, 0.25) is 0 Å². The number of aromatic nitrogens is 1. The van der Waals surface area contributed by atoms with Crippen molar-refractivity contribution >= 4 is 17.4 Å². The standard InChI is InChI=1S/C17H22N4OS/c22-17(19-12-14-6-1-2-8-18-14)20-13-15(16-7-5-11-23-16)21-9-3-4-10-21/h1-2,5-8,11,15H,3-4,9-10,12-13H2,(H2,19,20,22). The van der Waals surface area contributed by atoms with Crippen LogP contribution in [-0.4, -0.2) is 35.5 Å². The van der Waals surface area contributed by atoms with E-state index in [2.05, 4.69) is 38.0 Å². The zero-order chi connectivity index (χ0) is 15.9. The summed E-state index contributed by atoms with van der Waals surface area (Å²) in [6, 6.07) is 10.0. The Balaban J connectivity index is 1.51. The lowest BCUT2D eigenvalue weighted by Crippen LogP contribution is -2.41. The molecule has 1 unspecified atom stereocenters. The normalized spacial score (nSPS) is 16.2. The molecule has 6 heteroatoms. The molecule has 122 valence electrons. The average molecular weight is 330 g/mol. The zero-order valence-corrected chi connectivity index (χ0v) is 13.9. The summed E-state index contributed by atoms with van der Waals surface area (Å²) in [5, 5.41) is 7.96. The number of likely N-dealkylation sites (tertiary alicyclic amines) is 1. The van der Waals surface area contributed by atoms with Gasteiger partial charge in [-0.2, -0.15) is 0 Å². The van der Waals surface area contributed by atoms with E-state index in [9.17, 15) is 4.79 Å². The Morgan fingerprint density at radius 3 is 2.78 bits per heavy atom. The highest BCUT2D eigenvalue weighted by molar-refractivity contribution is 7.10. The number of amides is 2. The van der Waals surface area contributed by atoms with Crippen LogP contribution >= 0.6 is 11.3 Å². The molecular formula is C17H22N4OS. The molecule has 0 aromatic carbocycles. The number of hydrogen-bond donors (Lipinski definition) is 2. The second-order valence-corrected chi connectivity index (χ2v) is 6.64. The van der Waals surface area contributed by atoms with E-state index in [4.69, 9.17) is 0 Å². The smallest absolute Gasteiger partial charge is 0.315 e. The fourth-order valence-corrected chi connectivity index (χ4v) is 3.73. The van der Waals surface area contributed by atoms with Crippen molar-refractivity contribution in [3.05, 3.63) is 52.5 Å². The molecule has 3 rings (SSSR count). The Bertz CT molecular complexity index is 596. The number of carbonyl (C=O) groups is 1. The van der Waals surface area contributed by atoms with Gasteiger partial charge >= 0.3 is 6.03 Å². The van der Waals surface area contributed by atoms with Crippen molar-refractivity contribution in [3.8, 4) is 0 Å². The van der Waals surface area contributed by atoms with Crippen molar-refractivity contribution in [1.82, 2.24) is 20.5 Å². The van der Waals surface area contributed by atoms with Crippen LogP contribution in [0.1, 0.15) is 29.5 Å². The van der Waals surface area contributed by atoms with Crippen LogP contribution in [0.3, 0.4) is 0 Å². The first-order valence-electron chi connectivity index (χ1n) is 8.02. The maximum Gasteiger partial charge on any atom is 0.315 e. The van der Waals surface area contributed by atoms with E-state index in [-0.39, 0.29) is 12.1 Å². The minimum absolute atomic E-state index is 0.142. The predicted octanol–water partition coefficient (Wildman–Crippen LogP) is 2.78. The predicted molar refractivity (Wildman–Crippen MR) is 92.3 cm³/mol. The molecule has 1 saturated heterocycles. The third-order valence-electron chi connectivity index (χ3n) is 4.07. The fourth-order valence-electron chi connectivity index (χ4n) is 2.87. The summed E-state index contributed by atoms with van der Waals surface area (Å²) >= 11 is 1.76. The highest BCUT2D eigenvalue weighted by atomic mass is 32.1. The van der Waals surface area contributed by atoms with E-state index in [0.717, 1.165) is 18.8 Å². The molecule has 0 aliphatic carbocycles. The van der Waals surface area contributed by atoms with Crippen LogP contribution in [0, 0.1) is 0 Å². The van der Waals surface area contributed by atoms with Crippen molar-refractivity contribution in [2.24, 2.45) is 0 Å². The Labute approximate surface area is 140 Å². The van der Waals surface area contributed by atoms with Gasteiger partial charge in [-0.1, -0.05) is 12.1 Å². The van der Waals surface area contributed by atoms with Gasteiger partial charge in [0.25, 0.3) is 0 Å². The topological polar surface area (TPSA) is 57.3 Å². The first-order chi connectivity index (χ1) is 11.3. The Morgan fingerprint density at radius 1 is 1.22 bits per heavy atom. The number of thiophene rings is 1. The van der Waals surface area contributed by atoms with E-state index in [1.807, 2.05) is 18.2 Å². The molecule has 5 nitrogen and oxygen atoms in total. The van der Waals surface area contributed by atoms with Gasteiger partial charge in [0.1, 0.15) is 0 Å². The van der Waals surface area contributed by atoms with Crippen LogP contribution in [-0.2, 0) is 6.54 Å². The first kappa shape index (κ1) is 16.0. The highest BCUT2D eigenvalue weighted by Crippen LogP contribution is 2.27. The summed E-state index contributed by atoms with van der Waals surface area (Å²) in [5.41, 5.74) is 0.858. The quantitative estimate of drug-likeness (QED) is 0.856. The molecule has 1 aliphatic rings. The number of hydrogen-bond acceptors (Lipinski definition) is 4. The monoisotopic (exact) mass is 330 g/mol. The third-order valence-corrected chi connectivity index (χ3v) is 5.04. The number of nitrogens with one attached hydrogen (secondary N) is 2. The van der Waals surface area contributed by atoms with Gasteiger partial charge in [-0.05, 0) is 49.5 Å². The lowest BCUT2D eigenvalue weighted by molar-refractivity contribution is 0.222. The fraction of sp³-hybridized carbons (Fsp3) is 0.412. The molecule has 1 aliphatic heterocycles. The Morgan fingerprint density at radius 2 is 2.09 bits per heavy atom. The van der Waals surface area contributed by atoms with E-state index < -0.39 is 0 Å². The lowest BCUT2D eigenvalue weighted by atomic mass is 10.2. The third kappa shape index (κ3) is 4.53. The summed E-state index contributed by atoms with van der Waals surface area (Å²) in [7, 11) is 0. The van der Waals surface area contributed by atoms with Gasteiger partial charge < -0.3 is 10.6 Å². The van der Waals surface area contributed by atoms with Gasteiger partial charge in [0.05, 0.1) is 18.3 Å². The second-order valence-electron chi connectivity index (χ2n) is 5.66. The lowest BCUT2D eigenvalue weighted by Gasteiger charge is -2.26. The summed E-state index contributed by atoms with van der Waals surface area (Å²) in [6.07, 6.45) is 4.22. The molecule has 2 N–H and O–H groups in total. The zero-order valence-electron chi connectivity index (χ0n) is 13.1. The minimum atomic E-state index is -0.142. The van der Waals surface area contributed by atoms with E-state index in [1.165, 1.54) is 17.7 Å². The Kier molecular flexibility index (Phi) is 5.60. The molecule has 1 atom stereocenters. The maximum atomic E-state index is 12.0. The summed E-state index contributed by atoms with van der Waals surface area (Å²) in [4.78, 5) is 20.0. The number of carbonyl (C=O) groups excluding carboxylic acids is 1. The first-order valence-corrected chi connectivity index (χ1v) is 8.90. The van der Waals surface area contributed by atoms with Gasteiger partial charge in [-0.3, -0.25) is 9.88 Å². The average Bonchev–Trinajstić information content (AvgIpc) is 3.28. The molecule has 0 bridgehead atoms. The van der Waals surface area contributed by atoms with Crippen molar-refractivity contribution in [2.75, 3.05) is 19.6 Å². The molecule has 23 heavy (non-hydrogen) atoms. The van der Waals surface area contributed by atoms with Crippen molar-refractivity contribution in [1.29, 1.82) is 0 Å². The van der Waals surface area contributed by atoms with Crippen molar-refractivity contribution in [3.63, 3.8) is 0 Å². The molecule has 2 aromatic rings. The molecule has 3 heterocycles. The molecule has 2 aromatic heterocycles. The van der Waals surface area contributed by atoms with Crippen LogP contribution in [0.2, 0.25) is 0 Å². The molecule has 1 fully saturated rings. The molecule has 2 amide bonds. The van der Waals surface area contributed by atoms with E-state index >= 15 is 0 Å². The summed E-state index contributed by atoms with van der Waals surface area (Å²) in [6.45, 7) is 3.30. The number of nitrogens with zero attached hydrogens (tertiary/aromatic N) is 2. The van der Waals surface area contributed by atoms with E-state index in [0.29, 0.717) is 13.1 Å². The SMILES string of the molecule is O=C(NCc1ccccn1)NCC(c1cccs1)N1CCCC1. The molecule has 0 saturated carbocycles. The number of pyridine rings is 1. The maximum absolute atomic E-state index is 12.0. The van der Waals surface area contributed by atoms with Gasteiger partial charge in [-0.15, -0.1) is 11.3 Å². The molecular weight excluding hydrogens is 308 g/mol. The minimum Gasteiger partial charge on any atom is -0.336 e. The van der Waals surface area contributed by atoms with Gasteiger partial charge in [-0.25, -0.2) is 4.79 Å². The van der Waals surface area contributed by atoms with Crippen LogP contribution < -0.4 is 10.6 Å². The summed E-state index contributed by atoms with van der Waals surface area (Å²) < 4.78 is 0. The largest absolute Gasteiger partial charge is 0.336 e. The van der Waals surface area contributed by atoms with Crippen LogP contribution in [0.4, 0.5) is 4.79 Å². The van der Waals surface area contributed by atoms with Crippen LogP contribution in [0.15, 0.2) is 41.9 Å². The van der Waals surface area contributed by atoms with Crippen LogP contribution in [0.5, 0.6) is 0 Å². The highest BCUT2D eigenvalue weighted by Gasteiger charge is 2.24. The number of rotatable bonds is 6. The van der Waals surface area contributed by atoms with Gasteiger partial charge in [0, 0.05) is 17.6 Å². The summed E-state index contributed by atoms with van der Waals surface area (Å²) in [5.74, 6) is 0. The van der Waals surface area contributed by atoms with Crippen molar-refractivity contribution < 1.29 is 4.79 Å². The number of urea groups is 1. The van der Waals surface area contributed by atoms with Gasteiger partial charge in [0.15, 0.2) is 0 Å². The molecule has 0 radical (unpaired) electrons. The van der Waals surface area contributed by atoms with E-state index in [1.54, 1.807) is 17.5 Å². The molecule has 0 spiro atoms. The second kappa shape index (κ2) is 8.08. The van der Waals surface area contributed by atoms with Crippen molar-refractivity contribution in [2.45, 2.75) is 25.4 Å². The Hall–Kier alpha value is -1.92. The van der Waals surface area contributed by atoms with Crippen LogP contribution in [0.25, 0.3) is 0 Å².